The molecular weight excluding hydrogens is 338 g/mol. The van der Waals surface area contributed by atoms with Gasteiger partial charge in [0.15, 0.2) is 5.82 Å². The number of alkyl halides is 9. The van der Waals surface area contributed by atoms with Crippen molar-refractivity contribution in [3.8, 4) is 6.07 Å². The monoisotopic (exact) mass is 340 g/mol. The van der Waals surface area contributed by atoms with Crippen molar-refractivity contribution >= 4 is 5.69 Å². The predicted octanol–water partition coefficient (Wildman–Crippen LogP) is 4.34. The van der Waals surface area contributed by atoms with Crippen LogP contribution in [0.4, 0.5) is 49.6 Å². The maximum Gasteiger partial charge on any atom is 0.419 e. The van der Waals surface area contributed by atoms with Gasteiger partial charge in [0.25, 0.3) is 0 Å². The van der Waals surface area contributed by atoms with Gasteiger partial charge in [-0.1, -0.05) is 0 Å². The molecular formula is C10H2F10N2. The smallest absolute Gasteiger partial charge is 0.395 e. The third-order valence-corrected chi connectivity index (χ3v) is 2.44. The molecule has 22 heavy (non-hydrogen) atoms. The first-order valence-electron chi connectivity index (χ1n) is 4.90. The fourth-order valence-electron chi connectivity index (χ4n) is 1.69. The Morgan fingerprint density at radius 1 is 0.727 bits per heavy atom. The first-order chi connectivity index (χ1) is 9.64. The number of anilines is 1. The predicted molar refractivity (Wildman–Crippen MR) is 50.5 cm³/mol. The SMILES string of the molecule is N#Cc1c(N)c(F)c(C(F)(F)F)c(C(F)(F)F)c1C(F)(F)F. The molecule has 1 aromatic carbocycles. The third-order valence-electron chi connectivity index (χ3n) is 2.44. The van der Waals surface area contributed by atoms with Crippen molar-refractivity contribution in [1.82, 2.24) is 0 Å². The highest BCUT2D eigenvalue weighted by atomic mass is 19.4. The topological polar surface area (TPSA) is 49.8 Å². The molecule has 1 rings (SSSR count). The molecule has 0 heterocycles. The average molecular weight is 340 g/mol. The molecule has 0 fully saturated rings. The van der Waals surface area contributed by atoms with Crippen LogP contribution in [0.15, 0.2) is 0 Å². The Labute approximate surface area is 114 Å². The van der Waals surface area contributed by atoms with Crippen LogP contribution in [-0.2, 0) is 18.5 Å². The van der Waals surface area contributed by atoms with Gasteiger partial charge >= 0.3 is 18.5 Å². The molecule has 0 amide bonds. The van der Waals surface area contributed by atoms with Gasteiger partial charge in [0.1, 0.15) is 11.6 Å². The number of hydrogen-bond donors (Lipinski definition) is 1. The molecule has 0 aliphatic heterocycles. The van der Waals surface area contributed by atoms with E-state index in [4.69, 9.17) is 5.26 Å². The van der Waals surface area contributed by atoms with E-state index in [-0.39, 0.29) is 0 Å². The number of nitrogens with zero attached hydrogens (tertiary/aromatic N) is 1. The lowest BCUT2D eigenvalue weighted by atomic mass is 9.92. The fourth-order valence-corrected chi connectivity index (χ4v) is 1.69. The van der Waals surface area contributed by atoms with E-state index in [9.17, 15) is 43.9 Å². The molecule has 0 saturated heterocycles. The molecule has 0 aliphatic rings. The molecule has 0 radical (unpaired) electrons. The molecule has 2 nitrogen and oxygen atoms in total. The van der Waals surface area contributed by atoms with Crippen molar-refractivity contribution in [2.45, 2.75) is 18.5 Å². The maximum atomic E-state index is 13.4. The highest BCUT2D eigenvalue weighted by Crippen LogP contribution is 2.50. The largest absolute Gasteiger partial charge is 0.419 e. The minimum Gasteiger partial charge on any atom is -0.395 e. The summed E-state index contributed by atoms with van der Waals surface area (Å²) in [6.45, 7) is 0. The minimum absolute atomic E-state index is 0.550. The van der Waals surface area contributed by atoms with E-state index in [0.717, 1.165) is 0 Å². The van der Waals surface area contributed by atoms with Crippen molar-refractivity contribution in [2.24, 2.45) is 0 Å². The number of benzene rings is 1. The van der Waals surface area contributed by atoms with Crippen LogP contribution in [-0.4, -0.2) is 0 Å². The van der Waals surface area contributed by atoms with Crippen LogP contribution in [0.5, 0.6) is 0 Å². The molecule has 0 aliphatic carbocycles. The Balaban J connectivity index is 4.24. The zero-order valence-corrected chi connectivity index (χ0v) is 9.80. The zero-order valence-electron chi connectivity index (χ0n) is 9.80. The third kappa shape index (κ3) is 2.88. The van der Waals surface area contributed by atoms with E-state index >= 15 is 0 Å². The van der Waals surface area contributed by atoms with Crippen LogP contribution in [0.2, 0.25) is 0 Å². The van der Waals surface area contributed by atoms with Gasteiger partial charge in [0.05, 0.1) is 22.4 Å². The van der Waals surface area contributed by atoms with Crippen LogP contribution < -0.4 is 5.73 Å². The summed E-state index contributed by atoms with van der Waals surface area (Å²) in [6.07, 6.45) is -18.4. The van der Waals surface area contributed by atoms with Gasteiger partial charge in [-0.2, -0.15) is 44.8 Å². The lowest BCUT2D eigenvalue weighted by molar-refractivity contribution is -0.175. The summed E-state index contributed by atoms with van der Waals surface area (Å²) in [6, 6.07) is 0.550. The van der Waals surface area contributed by atoms with Gasteiger partial charge in [-0.15, -0.1) is 0 Å². The summed E-state index contributed by atoms with van der Waals surface area (Å²) in [5.41, 5.74) is -8.93. The Bertz CT molecular complexity index is 644. The molecule has 12 heteroatoms. The zero-order chi connectivity index (χ0) is 17.7. The average Bonchev–Trinajstić information content (AvgIpc) is 2.26. The summed E-state index contributed by atoms with van der Waals surface area (Å²) in [5.74, 6) is -2.79. The first kappa shape index (κ1) is 17.9. The van der Waals surface area contributed by atoms with Crippen LogP contribution in [0.3, 0.4) is 0 Å². The molecule has 0 unspecified atom stereocenters. The molecule has 0 aromatic heterocycles. The van der Waals surface area contributed by atoms with Gasteiger partial charge in [-0.3, -0.25) is 0 Å². The highest BCUT2D eigenvalue weighted by molar-refractivity contribution is 5.66. The van der Waals surface area contributed by atoms with E-state index in [1.54, 1.807) is 0 Å². The first-order valence-corrected chi connectivity index (χ1v) is 4.90. The summed E-state index contributed by atoms with van der Waals surface area (Å²) in [4.78, 5) is 0. The molecule has 0 spiro atoms. The number of nitriles is 1. The van der Waals surface area contributed by atoms with Crippen molar-refractivity contribution < 1.29 is 43.9 Å². The summed E-state index contributed by atoms with van der Waals surface area (Å²) < 4.78 is 127. The Morgan fingerprint density at radius 3 is 1.36 bits per heavy atom. The van der Waals surface area contributed by atoms with Crippen molar-refractivity contribution in [3.63, 3.8) is 0 Å². The number of halogens is 10. The van der Waals surface area contributed by atoms with E-state index in [0.29, 0.717) is 6.07 Å². The lowest BCUT2D eigenvalue weighted by Crippen LogP contribution is -2.27. The van der Waals surface area contributed by atoms with Gasteiger partial charge < -0.3 is 5.73 Å². The van der Waals surface area contributed by atoms with Crippen molar-refractivity contribution in [3.05, 3.63) is 28.1 Å². The summed E-state index contributed by atoms with van der Waals surface area (Å²) in [5, 5.41) is 8.43. The normalized spacial score (nSPS) is 13.1. The van der Waals surface area contributed by atoms with E-state index in [1.165, 1.54) is 0 Å². The Kier molecular flexibility index (Phi) is 4.00. The molecule has 2 N–H and O–H groups in total. The van der Waals surface area contributed by atoms with Crippen molar-refractivity contribution in [2.75, 3.05) is 5.73 Å². The summed E-state index contributed by atoms with van der Waals surface area (Å²) >= 11 is 0. The minimum atomic E-state index is -6.23. The molecule has 0 saturated carbocycles. The standard InChI is InChI=1S/C10H2F10N2/c11-6-5(10(18,19)20)4(9(15,16)17)3(8(12,13)14)2(1-21)7(6)22/h22H2. The quantitative estimate of drug-likeness (QED) is 0.564. The van der Waals surface area contributed by atoms with E-state index in [2.05, 4.69) is 5.73 Å². The van der Waals surface area contributed by atoms with Crippen LogP contribution in [0.1, 0.15) is 22.3 Å². The number of nitrogen functional groups attached to an aromatic ring is 1. The van der Waals surface area contributed by atoms with Crippen molar-refractivity contribution in [1.29, 1.82) is 5.26 Å². The van der Waals surface area contributed by atoms with Gasteiger partial charge in [0.2, 0.25) is 0 Å². The molecule has 0 atom stereocenters. The lowest BCUT2D eigenvalue weighted by Gasteiger charge is -2.23. The second-order valence-electron chi connectivity index (χ2n) is 3.83. The molecule has 122 valence electrons. The number of hydrogen-bond acceptors (Lipinski definition) is 2. The highest BCUT2D eigenvalue weighted by Gasteiger charge is 2.54. The second kappa shape index (κ2) is 4.92. The molecule has 1 aromatic rings. The second-order valence-corrected chi connectivity index (χ2v) is 3.83. The number of nitrogens with two attached hydrogens (primary N) is 1. The Hall–Kier alpha value is -2.19. The van der Waals surface area contributed by atoms with Crippen LogP contribution in [0, 0.1) is 17.1 Å². The van der Waals surface area contributed by atoms with Gasteiger partial charge in [0, 0.05) is 0 Å². The van der Waals surface area contributed by atoms with E-state index in [1.807, 2.05) is 0 Å². The summed E-state index contributed by atoms with van der Waals surface area (Å²) in [7, 11) is 0. The fraction of sp³-hybridized carbons (Fsp3) is 0.300. The van der Waals surface area contributed by atoms with E-state index < -0.39 is 52.3 Å². The van der Waals surface area contributed by atoms with Crippen LogP contribution >= 0.6 is 0 Å². The molecule has 0 bridgehead atoms. The maximum absolute atomic E-state index is 13.4. The number of rotatable bonds is 0. The van der Waals surface area contributed by atoms with Gasteiger partial charge in [-0.05, 0) is 0 Å². The van der Waals surface area contributed by atoms with Crippen LogP contribution in [0.25, 0.3) is 0 Å². The Morgan fingerprint density at radius 2 is 1.09 bits per heavy atom. The van der Waals surface area contributed by atoms with Gasteiger partial charge in [-0.25, -0.2) is 4.39 Å².